The molecule has 4 rings (SSSR count). The number of ether oxygens (including phenoxy) is 1. The molecule has 0 saturated carbocycles. The van der Waals surface area contributed by atoms with Gasteiger partial charge in [-0.2, -0.15) is 0 Å². The molecule has 0 radical (unpaired) electrons. The maximum absolute atomic E-state index is 13.0. The second-order valence-corrected chi connectivity index (χ2v) is 9.45. The lowest BCUT2D eigenvalue weighted by Gasteiger charge is -2.39. The number of nitrogens with zero attached hydrogens (tertiary/aromatic N) is 2. The van der Waals surface area contributed by atoms with E-state index in [4.69, 9.17) is 4.74 Å². The van der Waals surface area contributed by atoms with Gasteiger partial charge in [-0.1, -0.05) is 44.2 Å². The molecule has 1 amide bonds. The Balaban J connectivity index is 1.71. The van der Waals surface area contributed by atoms with Gasteiger partial charge in [0, 0.05) is 42.2 Å². The largest absolute Gasteiger partial charge is 0.497 e. The summed E-state index contributed by atoms with van der Waals surface area (Å²) >= 11 is 1.69. The summed E-state index contributed by atoms with van der Waals surface area (Å²) in [6.45, 7) is 9.57. The van der Waals surface area contributed by atoms with E-state index in [1.807, 2.05) is 42.5 Å². The monoisotopic (exact) mass is 463 g/mol. The fourth-order valence-corrected chi connectivity index (χ4v) is 5.43. The summed E-state index contributed by atoms with van der Waals surface area (Å²) in [5, 5.41) is 4.18. The van der Waals surface area contributed by atoms with Crippen molar-refractivity contribution in [2.75, 3.05) is 45.2 Å². The highest BCUT2D eigenvalue weighted by molar-refractivity contribution is 7.16. The zero-order valence-electron chi connectivity index (χ0n) is 19.7. The number of piperazine rings is 1. The van der Waals surface area contributed by atoms with E-state index in [0.717, 1.165) is 49.9 Å². The molecule has 1 saturated heterocycles. The number of hydrogen-bond donors (Lipinski definition) is 1. The normalized spacial score (nSPS) is 15.8. The molecule has 33 heavy (non-hydrogen) atoms. The minimum atomic E-state index is -0.0642. The fraction of sp³-hybridized carbons (Fsp3) is 0.370. The van der Waals surface area contributed by atoms with E-state index in [1.54, 1.807) is 18.4 Å². The minimum Gasteiger partial charge on any atom is -0.497 e. The van der Waals surface area contributed by atoms with Crippen LogP contribution in [0.1, 0.15) is 46.3 Å². The molecule has 2 aromatic carbocycles. The van der Waals surface area contributed by atoms with E-state index in [1.165, 1.54) is 16.0 Å². The van der Waals surface area contributed by atoms with E-state index in [0.29, 0.717) is 5.56 Å². The quantitative estimate of drug-likeness (QED) is 0.492. The van der Waals surface area contributed by atoms with E-state index >= 15 is 0 Å². The van der Waals surface area contributed by atoms with Crippen LogP contribution in [0.4, 0.5) is 5.00 Å². The Labute approximate surface area is 201 Å². The average Bonchev–Trinajstić information content (AvgIpc) is 3.27. The van der Waals surface area contributed by atoms with Crippen LogP contribution in [0.15, 0.2) is 60.7 Å². The molecule has 0 spiro atoms. The third-order valence-electron chi connectivity index (χ3n) is 6.37. The van der Waals surface area contributed by atoms with Gasteiger partial charge in [0.1, 0.15) is 10.8 Å². The van der Waals surface area contributed by atoms with Gasteiger partial charge < -0.3 is 15.0 Å². The number of thiophene rings is 1. The van der Waals surface area contributed by atoms with Gasteiger partial charge in [0.25, 0.3) is 5.91 Å². The summed E-state index contributed by atoms with van der Waals surface area (Å²) in [4.78, 5) is 19.3. The van der Waals surface area contributed by atoms with Gasteiger partial charge in [0.2, 0.25) is 0 Å². The molecule has 1 atom stereocenters. The number of anilines is 1. The molecule has 0 unspecified atom stereocenters. The first-order chi connectivity index (χ1) is 16.1. The second kappa shape index (κ2) is 11.0. The molecule has 6 heteroatoms. The molecule has 1 aliphatic heterocycles. The van der Waals surface area contributed by atoms with Crippen molar-refractivity contribution in [2.24, 2.45) is 0 Å². The number of methoxy groups -OCH3 is 1. The number of carbonyl (C=O) groups is 1. The zero-order valence-corrected chi connectivity index (χ0v) is 20.5. The molecule has 1 aromatic heterocycles. The van der Waals surface area contributed by atoms with Gasteiger partial charge in [-0.3, -0.25) is 9.69 Å². The molecule has 0 aliphatic carbocycles. The van der Waals surface area contributed by atoms with Crippen molar-refractivity contribution in [1.82, 2.24) is 9.80 Å². The molecule has 2 heterocycles. The highest BCUT2D eigenvalue weighted by atomic mass is 32.1. The predicted octanol–water partition coefficient (Wildman–Crippen LogP) is 5.30. The molecule has 3 aromatic rings. The average molecular weight is 464 g/mol. The van der Waals surface area contributed by atoms with Crippen LogP contribution in [-0.2, 0) is 6.42 Å². The van der Waals surface area contributed by atoms with Gasteiger partial charge in [-0.15, -0.1) is 11.3 Å². The van der Waals surface area contributed by atoms with Gasteiger partial charge >= 0.3 is 0 Å². The molecule has 174 valence electrons. The van der Waals surface area contributed by atoms with Gasteiger partial charge in [0.15, 0.2) is 0 Å². The van der Waals surface area contributed by atoms with E-state index in [-0.39, 0.29) is 11.9 Å². The lowest BCUT2D eigenvalue weighted by atomic mass is 9.97. The first kappa shape index (κ1) is 23.5. The standard InChI is InChI=1S/C27H33N3O2S/c1-4-23-19-24(27(33-23)28-26(31)21-9-7-6-8-10-21)25(20-11-13-22(32-3)14-12-20)30-17-15-29(5-2)16-18-30/h6-14,19,25H,4-5,15-18H2,1-3H3,(H,28,31)/t25-/m0/s1. The molecule has 1 aliphatic rings. The van der Waals surface area contributed by atoms with Crippen LogP contribution in [0.25, 0.3) is 0 Å². The summed E-state index contributed by atoms with van der Waals surface area (Å²) in [7, 11) is 1.69. The number of benzene rings is 2. The Morgan fingerprint density at radius 2 is 1.73 bits per heavy atom. The van der Waals surface area contributed by atoms with Crippen LogP contribution < -0.4 is 10.1 Å². The first-order valence-electron chi connectivity index (χ1n) is 11.7. The topological polar surface area (TPSA) is 44.8 Å². The van der Waals surface area contributed by atoms with Crippen molar-refractivity contribution >= 4 is 22.2 Å². The van der Waals surface area contributed by atoms with Gasteiger partial charge in [-0.25, -0.2) is 0 Å². The number of amides is 1. The smallest absolute Gasteiger partial charge is 0.256 e. The summed E-state index contributed by atoms with van der Waals surface area (Å²) < 4.78 is 5.40. The summed E-state index contributed by atoms with van der Waals surface area (Å²) in [5.74, 6) is 0.788. The molecule has 1 N–H and O–H groups in total. The number of rotatable bonds is 8. The maximum atomic E-state index is 13.0. The molecule has 5 nitrogen and oxygen atoms in total. The predicted molar refractivity (Wildman–Crippen MR) is 137 cm³/mol. The third kappa shape index (κ3) is 5.46. The second-order valence-electron chi connectivity index (χ2n) is 8.32. The molecular weight excluding hydrogens is 430 g/mol. The maximum Gasteiger partial charge on any atom is 0.256 e. The van der Waals surface area contributed by atoms with Crippen molar-refractivity contribution in [3.63, 3.8) is 0 Å². The molecule has 0 bridgehead atoms. The van der Waals surface area contributed by atoms with E-state index in [2.05, 4.69) is 47.2 Å². The van der Waals surface area contributed by atoms with Crippen LogP contribution in [0.3, 0.4) is 0 Å². The number of hydrogen-bond acceptors (Lipinski definition) is 5. The molecule has 1 fully saturated rings. The van der Waals surface area contributed by atoms with Crippen LogP contribution in [0, 0.1) is 0 Å². The number of carbonyl (C=O) groups excluding carboxylic acids is 1. The SMILES string of the molecule is CCc1cc([C@H](c2ccc(OC)cc2)N2CCN(CC)CC2)c(NC(=O)c2ccccc2)s1. The van der Waals surface area contributed by atoms with Crippen molar-refractivity contribution in [2.45, 2.75) is 26.3 Å². The Bertz CT molecular complexity index is 1040. The highest BCUT2D eigenvalue weighted by Crippen LogP contribution is 2.40. The Kier molecular flexibility index (Phi) is 7.81. The van der Waals surface area contributed by atoms with Crippen molar-refractivity contribution in [3.05, 3.63) is 82.2 Å². The van der Waals surface area contributed by atoms with Crippen LogP contribution >= 0.6 is 11.3 Å². The first-order valence-corrected chi connectivity index (χ1v) is 12.5. The lowest BCUT2D eigenvalue weighted by molar-refractivity contribution is 0.102. The summed E-state index contributed by atoms with van der Waals surface area (Å²) in [6, 6.07) is 20.2. The van der Waals surface area contributed by atoms with E-state index < -0.39 is 0 Å². The fourth-order valence-electron chi connectivity index (χ4n) is 4.41. The van der Waals surface area contributed by atoms with Crippen molar-refractivity contribution in [3.8, 4) is 5.75 Å². The number of nitrogens with one attached hydrogen (secondary N) is 1. The van der Waals surface area contributed by atoms with Crippen LogP contribution in [0.2, 0.25) is 0 Å². The lowest BCUT2D eigenvalue weighted by Crippen LogP contribution is -2.47. The minimum absolute atomic E-state index is 0.0642. The summed E-state index contributed by atoms with van der Waals surface area (Å²) in [6.07, 6.45) is 0.942. The molecular formula is C27H33N3O2S. The third-order valence-corrected chi connectivity index (χ3v) is 7.58. The van der Waals surface area contributed by atoms with Crippen molar-refractivity contribution in [1.29, 1.82) is 0 Å². The van der Waals surface area contributed by atoms with Crippen LogP contribution in [0.5, 0.6) is 5.75 Å². The van der Waals surface area contributed by atoms with E-state index in [9.17, 15) is 4.79 Å². The highest BCUT2D eigenvalue weighted by Gasteiger charge is 2.29. The van der Waals surface area contributed by atoms with Gasteiger partial charge in [0.05, 0.1) is 13.2 Å². The zero-order chi connectivity index (χ0) is 23.2. The van der Waals surface area contributed by atoms with Crippen LogP contribution in [-0.4, -0.2) is 55.5 Å². The van der Waals surface area contributed by atoms with Crippen molar-refractivity contribution < 1.29 is 9.53 Å². The summed E-state index contributed by atoms with van der Waals surface area (Å²) in [5.41, 5.74) is 3.07. The van der Waals surface area contributed by atoms with Gasteiger partial charge in [-0.05, 0) is 48.9 Å². The Morgan fingerprint density at radius 1 is 1.03 bits per heavy atom. The Morgan fingerprint density at radius 3 is 2.33 bits per heavy atom. The Hall–Kier alpha value is -2.67. The number of aryl methyl sites for hydroxylation is 1. The number of likely N-dealkylation sites (N-methyl/N-ethyl adjacent to an activating group) is 1.